The summed E-state index contributed by atoms with van der Waals surface area (Å²) in [6, 6.07) is 22.9. The van der Waals surface area contributed by atoms with E-state index < -0.39 is 49.8 Å². The number of benzene rings is 3. The number of H-pyrrole nitrogens is 1. The maximum Gasteiger partial charge on any atom is 0.338 e. The predicted octanol–water partition coefficient (Wildman–Crippen LogP) is 3.79. The second-order valence-electron chi connectivity index (χ2n) is 12.3. The lowest BCUT2D eigenvalue weighted by molar-refractivity contribution is -0.0495. The molecule has 3 atom stereocenters. The van der Waals surface area contributed by atoms with Gasteiger partial charge in [-0.05, 0) is 27.5 Å². The summed E-state index contributed by atoms with van der Waals surface area (Å²) in [6.07, 6.45) is -2.15. The number of nitrogens with one attached hydrogen (secondary N) is 1. The highest BCUT2D eigenvalue weighted by atomic mass is 28.4. The van der Waals surface area contributed by atoms with Crippen LogP contribution in [0.5, 0.6) is 17.2 Å². The molecule has 11 nitrogen and oxygen atoms in total. The van der Waals surface area contributed by atoms with Crippen molar-refractivity contribution in [3.8, 4) is 17.2 Å². The Labute approximate surface area is 278 Å². The van der Waals surface area contributed by atoms with Crippen molar-refractivity contribution in [2.75, 3.05) is 27.9 Å². The number of ether oxygens (including phenoxy) is 5. The number of halogens is 1. The minimum absolute atomic E-state index is 0.0302. The van der Waals surface area contributed by atoms with E-state index in [4.69, 9.17) is 28.1 Å². The monoisotopic (exact) mass is 678 g/mol. The van der Waals surface area contributed by atoms with Gasteiger partial charge in [0.05, 0.1) is 39.7 Å². The zero-order valence-electron chi connectivity index (χ0n) is 27.7. The van der Waals surface area contributed by atoms with Crippen LogP contribution in [0.15, 0.2) is 88.6 Å². The van der Waals surface area contributed by atoms with Gasteiger partial charge in [-0.1, -0.05) is 81.4 Å². The molecule has 1 aliphatic heterocycles. The highest BCUT2D eigenvalue weighted by Crippen LogP contribution is 2.40. The standard InChI is InChI=1S/C35H39FN2O9Si/c1-35(2,3)48(23-13-9-7-10-14-23,24-15-11-8-12-16-24)45-21-29-26(19-30(46-29)38-20-25(36)32(39)37-34(38)41)47-33(40)22-17-27(42-4)31(44-6)28(18-22)43-5/h7-18,20,26,29-30H,19,21H2,1-6H3,(H,37,39,41)/t26-,29+,30?/m0/s1. The zero-order chi connectivity index (χ0) is 34.6. The van der Waals surface area contributed by atoms with Crippen molar-refractivity contribution < 1.29 is 37.3 Å². The Balaban J connectivity index is 1.53. The van der Waals surface area contributed by atoms with Crippen LogP contribution in [0.3, 0.4) is 0 Å². The summed E-state index contributed by atoms with van der Waals surface area (Å²) in [5, 5.41) is 1.70. The smallest absolute Gasteiger partial charge is 0.338 e. The lowest BCUT2D eigenvalue weighted by Gasteiger charge is -2.43. The molecule has 0 spiro atoms. The number of nitrogens with zero attached hydrogens (tertiary/aromatic N) is 1. The van der Waals surface area contributed by atoms with Gasteiger partial charge >= 0.3 is 11.7 Å². The lowest BCUT2D eigenvalue weighted by atomic mass is 10.1. The van der Waals surface area contributed by atoms with E-state index in [9.17, 15) is 18.8 Å². The summed E-state index contributed by atoms with van der Waals surface area (Å²) in [5.74, 6) is -1.07. The summed E-state index contributed by atoms with van der Waals surface area (Å²) in [7, 11) is 1.26. The molecule has 1 fully saturated rings. The second-order valence-corrected chi connectivity index (χ2v) is 16.6. The summed E-state index contributed by atoms with van der Waals surface area (Å²) in [6.45, 7) is 6.35. The molecule has 1 unspecified atom stereocenters. The Morgan fingerprint density at radius 3 is 2.00 bits per heavy atom. The SMILES string of the molecule is COc1cc(C(=O)O[C@H]2CC(n3cc(F)c(=O)[nH]c3=O)O[C@@H]2CO[Si](c2ccccc2)(c2ccccc2)C(C)(C)C)cc(OC)c1OC. The molecule has 0 bridgehead atoms. The van der Waals surface area contributed by atoms with Crippen molar-refractivity contribution in [1.82, 2.24) is 9.55 Å². The quantitative estimate of drug-likeness (QED) is 0.186. The van der Waals surface area contributed by atoms with Crippen LogP contribution in [0.1, 0.15) is 43.8 Å². The highest BCUT2D eigenvalue weighted by molar-refractivity contribution is 6.99. The van der Waals surface area contributed by atoms with Crippen LogP contribution < -0.4 is 35.8 Å². The molecule has 0 radical (unpaired) electrons. The Kier molecular flexibility index (Phi) is 10.2. The van der Waals surface area contributed by atoms with Gasteiger partial charge in [0.15, 0.2) is 11.5 Å². The molecule has 254 valence electrons. The minimum Gasteiger partial charge on any atom is -0.493 e. The first-order chi connectivity index (χ1) is 22.9. The van der Waals surface area contributed by atoms with Gasteiger partial charge in [0.1, 0.15) is 18.4 Å². The molecule has 1 N–H and O–H groups in total. The van der Waals surface area contributed by atoms with Crippen LogP contribution in [0.25, 0.3) is 0 Å². The van der Waals surface area contributed by atoms with Gasteiger partial charge < -0.3 is 28.1 Å². The number of hydrogen-bond donors (Lipinski definition) is 1. The Hall–Kier alpha value is -4.72. The first kappa shape index (κ1) is 34.6. The minimum atomic E-state index is -3.06. The number of aromatic amines is 1. The molecular weight excluding hydrogens is 639 g/mol. The Bertz CT molecular complexity index is 1790. The molecule has 3 aromatic carbocycles. The molecule has 4 aromatic rings. The molecule has 13 heteroatoms. The lowest BCUT2D eigenvalue weighted by Crippen LogP contribution is -2.67. The van der Waals surface area contributed by atoms with Gasteiger partial charge in [-0.3, -0.25) is 14.3 Å². The third kappa shape index (κ3) is 6.66. The second kappa shape index (κ2) is 14.2. The number of carbonyl (C=O) groups excluding carboxylic acids is 1. The van der Waals surface area contributed by atoms with Crippen LogP contribution in [0, 0.1) is 5.82 Å². The van der Waals surface area contributed by atoms with Crippen LogP contribution in [0.4, 0.5) is 4.39 Å². The van der Waals surface area contributed by atoms with Crippen molar-refractivity contribution in [2.45, 2.75) is 50.7 Å². The van der Waals surface area contributed by atoms with E-state index in [2.05, 4.69) is 20.8 Å². The molecule has 0 amide bonds. The Morgan fingerprint density at radius 1 is 0.938 bits per heavy atom. The normalized spacial score (nSPS) is 17.9. The third-order valence-electron chi connectivity index (χ3n) is 8.45. The molecule has 5 rings (SSSR count). The number of carbonyl (C=O) groups is 1. The van der Waals surface area contributed by atoms with Gasteiger partial charge in [0.25, 0.3) is 13.9 Å². The Morgan fingerprint density at radius 2 is 1.50 bits per heavy atom. The number of esters is 1. The molecule has 0 saturated carbocycles. The van der Waals surface area contributed by atoms with E-state index >= 15 is 0 Å². The van der Waals surface area contributed by atoms with Crippen molar-refractivity contribution in [3.63, 3.8) is 0 Å². The molecule has 2 heterocycles. The first-order valence-corrected chi connectivity index (χ1v) is 17.3. The fourth-order valence-electron chi connectivity index (χ4n) is 6.19. The molecule has 1 aliphatic rings. The molecular formula is C35H39FN2O9Si. The van der Waals surface area contributed by atoms with Crippen LogP contribution in [-0.2, 0) is 13.9 Å². The van der Waals surface area contributed by atoms with Crippen LogP contribution >= 0.6 is 0 Å². The van der Waals surface area contributed by atoms with Gasteiger partial charge in [0, 0.05) is 6.42 Å². The largest absolute Gasteiger partial charge is 0.493 e. The van der Waals surface area contributed by atoms with Crippen LogP contribution in [-0.4, -0.2) is 64.0 Å². The van der Waals surface area contributed by atoms with Gasteiger partial charge in [-0.15, -0.1) is 0 Å². The average molecular weight is 679 g/mol. The summed E-state index contributed by atoms with van der Waals surface area (Å²) < 4.78 is 50.9. The zero-order valence-corrected chi connectivity index (χ0v) is 28.7. The first-order valence-electron chi connectivity index (χ1n) is 15.4. The van der Waals surface area contributed by atoms with Crippen LogP contribution in [0.2, 0.25) is 5.04 Å². The molecule has 1 aromatic heterocycles. The fourth-order valence-corrected chi connectivity index (χ4v) is 10.8. The number of rotatable bonds is 11. The fraction of sp³-hybridized carbons (Fsp3) is 0.343. The number of hydrogen-bond acceptors (Lipinski definition) is 9. The summed E-state index contributed by atoms with van der Waals surface area (Å²) in [5.41, 5.74) is -1.90. The number of methoxy groups -OCH3 is 3. The summed E-state index contributed by atoms with van der Waals surface area (Å²) in [4.78, 5) is 40.1. The third-order valence-corrected chi connectivity index (χ3v) is 13.5. The maximum atomic E-state index is 14.4. The van der Waals surface area contributed by atoms with Gasteiger partial charge in [-0.2, -0.15) is 4.39 Å². The van der Waals surface area contributed by atoms with Crippen molar-refractivity contribution in [1.29, 1.82) is 0 Å². The van der Waals surface area contributed by atoms with E-state index in [1.165, 1.54) is 33.5 Å². The molecule has 48 heavy (non-hydrogen) atoms. The number of aromatic nitrogens is 2. The molecule has 1 saturated heterocycles. The van der Waals surface area contributed by atoms with E-state index in [1.807, 2.05) is 65.6 Å². The van der Waals surface area contributed by atoms with Gasteiger partial charge in [0.2, 0.25) is 11.6 Å². The van der Waals surface area contributed by atoms with E-state index in [0.29, 0.717) is 5.75 Å². The maximum absolute atomic E-state index is 14.4. The van der Waals surface area contributed by atoms with E-state index in [1.54, 1.807) is 0 Å². The van der Waals surface area contributed by atoms with E-state index in [-0.39, 0.29) is 35.1 Å². The average Bonchev–Trinajstić information content (AvgIpc) is 3.48. The molecule has 0 aliphatic carbocycles. The van der Waals surface area contributed by atoms with E-state index in [0.717, 1.165) is 21.1 Å². The highest BCUT2D eigenvalue weighted by Gasteiger charge is 2.51. The topological polar surface area (TPSA) is 127 Å². The summed E-state index contributed by atoms with van der Waals surface area (Å²) >= 11 is 0. The van der Waals surface area contributed by atoms with Crippen molar-refractivity contribution in [3.05, 3.63) is 111 Å². The predicted molar refractivity (Wildman–Crippen MR) is 179 cm³/mol. The van der Waals surface area contributed by atoms with Crippen molar-refractivity contribution in [2.24, 2.45) is 0 Å². The van der Waals surface area contributed by atoms with Crippen molar-refractivity contribution >= 4 is 24.7 Å². The van der Waals surface area contributed by atoms with Gasteiger partial charge in [-0.25, -0.2) is 9.59 Å².